The fourth-order valence-electron chi connectivity index (χ4n) is 4.59. The lowest BCUT2D eigenvalue weighted by molar-refractivity contribution is -0.137. The first-order valence-electron chi connectivity index (χ1n) is 10.8. The smallest absolute Gasteiger partial charge is 0.303 e. The largest absolute Gasteiger partial charge is 0.490 e. The maximum atomic E-state index is 13.4. The van der Waals surface area contributed by atoms with Gasteiger partial charge in [0, 0.05) is 36.5 Å². The molecule has 8 heteroatoms. The van der Waals surface area contributed by atoms with Crippen LogP contribution in [-0.4, -0.2) is 52.8 Å². The van der Waals surface area contributed by atoms with Crippen LogP contribution in [0.5, 0.6) is 5.75 Å². The Bertz CT molecular complexity index is 752. The lowest BCUT2D eigenvalue weighted by Crippen LogP contribution is -2.22. The molecule has 1 aliphatic carbocycles. The van der Waals surface area contributed by atoms with E-state index in [2.05, 4.69) is 0 Å². The van der Waals surface area contributed by atoms with E-state index in [0.29, 0.717) is 25.4 Å². The van der Waals surface area contributed by atoms with Gasteiger partial charge in [-0.25, -0.2) is 4.39 Å². The normalized spacial score (nSPS) is 29.5. The predicted molar refractivity (Wildman–Crippen MR) is 114 cm³/mol. The van der Waals surface area contributed by atoms with E-state index in [1.165, 1.54) is 18.2 Å². The molecule has 1 heterocycles. The lowest BCUT2D eigenvalue weighted by atomic mass is 9.86. The number of hydrogen-bond acceptors (Lipinski definition) is 5. The zero-order valence-electron chi connectivity index (χ0n) is 17.3. The number of fused-ring (bicyclic) bond motifs is 1. The molecule has 2 fully saturated rings. The van der Waals surface area contributed by atoms with Crippen LogP contribution in [0.3, 0.4) is 0 Å². The van der Waals surface area contributed by atoms with Gasteiger partial charge < -0.3 is 24.8 Å². The highest BCUT2D eigenvalue weighted by Crippen LogP contribution is 2.42. The second kappa shape index (κ2) is 11.3. The summed E-state index contributed by atoms with van der Waals surface area (Å²) in [5, 5.41) is 29.8. The Morgan fingerprint density at radius 2 is 2.16 bits per heavy atom. The summed E-state index contributed by atoms with van der Waals surface area (Å²) in [6.45, 7) is 0.534. The average molecular weight is 457 g/mol. The molecule has 0 unspecified atom stereocenters. The van der Waals surface area contributed by atoms with E-state index in [1.807, 2.05) is 6.08 Å². The molecule has 1 saturated heterocycles. The molecule has 0 aromatic heterocycles. The van der Waals surface area contributed by atoms with Gasteiger partial charge in [0.05, 0.1) is 12.2 Å². The zero-order chi connectivity index (χ0) is 22.4. The summed E-state index contributed by atoms with van der Waals surface area (Å²) >= 11 is 5.80. The molecule has 0 radical (unpaired) electrons. The molecule has 0 spiro atoms. The van der Waals surface area contributed by atoms with Crippen molar-refractivity contribution in [2.75, 3.05) is 13.2 Å². The Balaban J connectivity index is 1.50. The summed E-state index contributed by atoms with van der Waals surface area (Å²) in [6, 6.07) is 3.85. The highest BCUT2D eigenvalue weighted by Gasteiger charge is 2.43. The summed E-state index contributed by atoms with van der Waals surface area (Å²) in [6.07, 6.45) is 5.98. The molecule has 0 amide bonds. The van der Waals surface area contributed by atoms with Crippen molar-refractivity contribution < 1.29 is 34.0 Å². The van der Waals surface area contributed by atoms with Gasteiger partial charge >= 0.3 is 5.97 Å². The van der Waals surface area contributed by atoms with E-state index in [-0.39, 0.29) is 41.7 Å². The summed E-state index contributed by atoms with van der Waals surface area (Å²) < 4.78 is 24.8. The fourth-order valence-corrected chi connectivity index (χ4v) is 4.80. The molecule has 31 heavy (non-hydrogen) atoms. The van der Waals surface area contributed by atoms with Crippen molar-refractivity contribution >= 4 is 17.6 Å². The molecule has 3 rings (SSSR count). The summed E-state index contributed by atoms with van der Waals surface area (Å²) in [5.74, 6) is -0.676. The average Bonchev–Trinajstić information content (AvgIpc) is 2.85. The molecule has 1 saturated carbocycles. The monoisotopic (exact) mass is 456 g/mol. The number of aliphatic hydroxyl groups excluding tert-OH is 2. The standard InChI is InChI=1S/C23H30ClFO6/c24-15-8-16(25)10-18(9-15)30-13-17(26)5-7-19-20-6-4-14(2-1-3-23(28)29)12-31-22(20)11-21(19)27/h5,7-10,14,17,19-22,26-27H,1-4,6,11-13H2,(H,28,29)/t14-,17+,19+,20+,21+,22-/m0/s1. The number of ether oxygens (including phenoxy) is 2. The molecule has 1 aromatic carbocycles. The number of carboxylic acid groups (broad SMARTS) is 1. The Labute approximate surface area is 186 Å². The molecule has 3 N–H and O–H groups in total. The molecule has 1 aromatic rings. The molecule has 0 bridgehead atoms. The van der Waals surface area contributed by atoms with E-state index < -0.39 is 24.0 Å². The first-order valence-corrected chi connectivity index (χ1v) is 11.2. The second-order valence-electron chi connectivity index (χ2n) is 8.51. The van der Waals surface area contributed by atoms with Crippen molar-refractivity contribution in [1.82, 2.24) is 0 Å². The lowest BCUT2D eigenvalue weighted by Gasteiger charge is -2.21. The third-order valence-corrected chi connectivity index (χ3v) is 6.38. The molecular weight excluding hydrogens is 427 g/mol. The van der Waals surface area contributed by atoms with E-state index >= 15 is 0 Å². The summed E-state index contributed by atoms with van der Waals surface area (Å²) in [7, 11) is 0. The van der Waals surface area contributed by atoms with Gasteiger partial charge in [-0.2, -0.15) is 0 Å². The number of aliphatic hydroxyl groups is 2. The predicted octanol–water partition coefficient (Wildman–Crippen LogP) is 3.82. The van der Waals surface area contributed by atoms with Crippen LogP contribution in [0.2, 0.25) is 5.02 Å². The molecule has 6 nitrogen and oxygen atoms in total. The third kappa shape index (κ3) is 7.17. The van der Waals surface area contributed by atoms with Gasteiger partial charge in [-0.3, -0.25) is 4.79 Å². The third-order valence-electron chi connectivity index (χ3n) is 6.16. The van der Waals surface area contributed by atoms with Gasteiger partial charge in [-0.05, 0) is 49.7 Å². The first kappa shape index (κ1) is 24.0. The van der Waals surface area contributed by atoms with Crippen molar-refractivity contribution in [3.05, 3.63) is 41.2 Å². The van der Waals surface area contributed by atoms with E-state index in [1.54, 1.807) is 6.08 Å². The molecular formula is C23H30ClFO6. The number of halogens is 2. The number of rotatable bonds is 9. The van der Waals surface area contributed by atoms with Crippen LogP contribution >= 0.6 is 11.6 Å². The minimum atomic E-state index is -0.913. The minimum Gasteiger partial charge on any atom is -0.490 e. The SMILES string of the molecule is O=C(O)CCC[C@H]1CC[C@@H]2[C@@H](C=C[C@@H](O)COc3cc(F)cc(Cl)c3)[C@H](O)C[C@@H]2OC1. The number of aliphatic carboxylic acids is 1. The summed E-state index contributed by atoms with van der Waals surface area (Å²) in [4.78, 5) is 10.7. The van der Waals surface area contributed by atoms with Crippen LogP contribution in [0.1, 0.15) is 38.5 Å². The highest BCUT2D eigenvalue weighted by atomic mass is 35.5. The maximum Gasteiger partial charge on any atom is 0.303 e. The summed E-state index contributed by atoms with van der Waals surface area (Å²) in [5.41, 5.74) is 0. The Morgan fingerprint density at radius 3 is 2.90 bits per heavy atom. The molecule has 172 valence electrons. The van der Waals surface area contributed by atoms with Crippen molar-refractivity contribution in [1.29, 1.82) is 0 Å². The molecule has 2 aliphatic rings. The Kier molecular flexibility index (Phi) is 8.72. The first-order chi connectivity index (χ1) is 14.8. The van der Waals surface area contributed by atoms with Crippen LogP contribution in [0.25, 0.3) is 0 Å². The Hall–Kier alpha value is -1.67. The van der Waals surface area contributed by atoms with Gasteiger partial charge in [0.1, 0.15) is 24.3 Å². The van der Waals surface area contributed by atoms with E-state index in [0.717, 1.165) is 19.3 Å². The Morgan fingerprint density at radius 1 is 1.35 bits per heavy atom. The number of benzene rings is 1. The van der Waals surface area contributed by atoms with Crippen molar-refractivity contribution in [2.24, 2.45) is 17.8 Å². The van der Waals surface area contributed by atoms with Gasteiger partial charge in [0.15, 0.2) is 0 Å². The molecule has 6 atom stereocenters. The number of carboxylic acids is 1. The quantitative estimate of drug-likeness (QED) is 0.489. The van der Waals surface area contributed by atoms with Gasteiger partial charge in [-0.1, -0.05) is 23.8 Å². The number of hydrogen-bond donors (Lipinski definition) is 3. The van der Waals surface area contributed by atoms with Crippen molar-refractivity contribution in [3.63, 3.8) is 0 Å². The van der Waals surface area contributed by atoms with Crippen LogP contribution in [0, 0.1) is 23.6 Å². The van der Waals surface area contributed by atoms with E-state index in [4.69, 9.17) is 26.2 Å². The highest BCUT2D eigenvalue weighted by molar-refractivity contribution is 6.30. The van der Waals surface area contributed by atoms with Crippen LogP contribution in [-0.2, 0) is 9.53 Å². The number of carbonyl (C=O) groups is 1. The van der Waals surface area contributed by atoms with Gasteiger partial charge in [0.2, 0.25) is 0 Å². The van der Waals surface area contributed by atoms with E-state index in [9.17, 15) is 19.4 Å². The zero-order valence-corrected chi connectivity index (χ0v) is 18.1. The van der Waals surface area contributed by atoms with Crippen molar-refractivity contribution in [3.8, 4) is 5.75 Å². The molecule has 1 aliphatic heterocycles. The van der Waals surface area contributed by atoms with Crippen LogP contribution in [0.4, 0.5) is 4.39 Å². The van der Waals surface area contributed by atoms with Gasteiger partial charge in [-0.15, -0.1) is 0 Å². The second-order valence-corrected chi connectivity index (χ2v) is 8.95. The maximum absolute atomic E-state index is 13.4. The topological polar surface area (TPSA) is 96.2 Å². The van der Waals surface area contributed by atoms with Crippen molar-refractivity contribution in [2.45, 2.75) is 56.8 Å². The minimum absolute atomic E-state index is 0.0306. The van der Waals surface area contributed by atoms with Gasteiger partial charge in [0.25, 0.3) is 0 Å². The van der Waals surface area contributed by atoms with Crippen LogP contribution < -0.4 is 4.74 Å². The fraction of sp³-hybridized carbons (Fsp3) is 0.609. The van der Waals surface area contributed by atoms with Crippen LogP contribution in [0.15, 0.2) is 30.4 Å².